The average molecular weight is 605 g/mol. The van der Waals surface area contributed by atoms with Gasteiger partial charge in [-0.05, 0) is 18.6 Å². The van der Waals surface area contributed by atoms with Crippen molar-refractivity contribution in [1.29, 1.82) is 5.26 Å². The number of anilines is 1. The van der Waals surface area contributed by atoms with E-state index in [0.717, 1.165) is 47.8 Å². The van der Waals surface area contributed by atoms with Crippen LogP contribution in [0.15, 0.2) is 51.9 Å². The zero-order valence-electron chi connectivity index (χ0n) is 22.9. The Bertz CT molecular complexity index is 1120. The molecule has 0 unspecified atom stereocenters. The molecule has 2 aliphatic heterocycles. The fourth-order valence-electron chi connectivity index (χ4n) is 4.03. The van der Waals surface area contributed by atoms with E-state index >= 15 is 0 Å². The summed E-state index contributed by atoms with van der Waals surface area (Å²) in [7, 11) is 0. The third kappa shape index (κ3) is 10.1. The fourth-order valence-corrected chi connectivity index (χ4v) is 7.39. The molecular weight excluding hydrogens is 569 g/mol. The lowest BCUT2D eigenvalue weighted by atomic mass is 10.2. The number of hydrogen-bond acceptors (Lipinski definition) is 11. The Morgan fingerprint density at radius 3 is 2.45 bits per heavy atom. The van der Waals surface area contributed by atoms with E-state index < -0.39 is 17.9 Å². The van der Waals surface area contributed by atoms with Crippen molar-refractivity contribution in [3.63, 3.8) is 0 Å². The van der Waals surface area contributed by atoms with Gasteiger partial charge in [-0.15, -0.1) is 0 Å². The molecule has 8 nitrogen and oxygen atoms in total. The Hall–Kier alpha value is -2.55. The Balaban J connectivity index is 1.42. The van der Waals surface area contributed by atoms with Crippen LogP contribution in [-0.4, -0.2) is 66.8 Å². The highest BCUT2D eigenvalue weighted by Crippen LogP contribution is 2.47. The van der Waals surface area contributed by atoms with Gasteiger partial charge in [0.25, 0.3) is 0 Å². The van der Waals surface area contributed by atoms with Gasteiger partial charge in [0.1, 0.15) is 30.4 Å². The molecule has 3 rings (SSSR count). The summed E-state index contributed by atoms with van der Waals surface area (Å²) in [5.74, 6) is 1.35. The first-order valence-electron chi connectivity index (χ1n) is 13.5. The summed E-state index contributed by atoms with van der Waals surface area (Å²) in [5, 5.41) is 10.4. The standard InChI is InChI=1S/C29H36N2O6S3/c1-3-4-5-8-13-31-24-9-6-7-10-25(24)40-28(31)23(16-30)29(34)36-15-14-35-26(32)11-12-27(33)37-22-19-38-17-21(2)18-39-20-22/h6-7,9-10,22H,2-5,8,11-15,17-20H2,1H3/b28-23-. The molecular formula is C29H36N2O6S3. The summed E-state index contributed by atoms with van der Waals surface area (Å²) in [4.78, 5) is 40.0. The Morgan fingerprint density at radius 2 is 1.73 bits per heavy atom. The van der Waals surface area contributed by atoms with Gasteiger partial charge in [-0.2, -0.15) is 28.8 Å². The van der Waals surface area contributed by atoms with Gasteiger partial charge in [0, 0.05) is 34.5 Å². The molecule has 1 fully saturated rings. The van der Waals surface area contributed by atoms with Crippen LogP contribution in [0, 0.1) is 11.3 Å². The summed E-state index contributed by atoms with van der Waals surface area (Å²) in [6, 6.07) is 9.83. The van der Waals surface area contributed by atoms with Crippen molar-refractivity contribution in [2.75, 3.05) is 47.7 Å². The molecule has 0 bridgehead atoms. The summed E-state index contributed by atoms with van der Waals surface area (Å²) in [6.07, 6.45) is 3.88. The largest absolute Gasteiger partial charge is 0.462 e. The van der Waals surface area contributed by atoms with Gasteiger partial charge in [-0.25, -0.2) is 4.79 Å². The number of nitrogens with zero attached hydrogens (tertiary/aromatic N) is 2. The molecule has 11 heteroatoms. The maximum Gasteiger partial charge on any atom is 0.351 e. The second kappa shape index (κ2) is 17.3. The molecule has 1 saturated heterocycles. The maximum absolute atomic E-state index is 12.8. The minimum Gasteiger partial charge on any atom is -0.462 e. The van der Waals surface area contributed by atoms with Crippen molar-refractivity contribution in [2.24, 2.45) is 0 Å². The van der Waals surface area contributed by atoms with Crippen LogP contribution < -0.4 is 4.90 Å². The molecule has 1 aromatic rings. The topological polar surface area (TPSA) is 106 Å². The number of carbonyl (C=O) groups is 3. The van der Waals surface area contributed by atoms with E-state index in [1.165, 1.54) is 17.3 Å². The highest BCUT2D eigenvalue weighted by molar-refractivity contribution is 8.03. The summed E-state index contributed by atoms with van der Waals surface area (Å²) < 4.78 is 15.9. The monoisotopic (exact) mass is 604 g/mol. The number of esters is 3. The second-order valence-corrected chi connectivity index (χ2v) is 12.4. The zero-order valence-corrected chi connectivity index (χ0v) is 25.3. The molecule has 0 spiro atoms. The van der Waals surface area contributed by atoms with Crippen LogP contribution >= 0.6 is 35.3 Å². The Kier molecular flexibility index (Phi) is 13.8. The number of unbranched alkanes of at least 4 members (excludes halogenated alkanes) is 3. The number of benzene rings is 1. The molecule has 0 atom stereocenters. The van der Waals surface area contributed by atoms with Gasteiger partial charge in [0.15, 0.2) is 5.57 Å². The number of thioether (sulfide) groups is 3. The normalized spacial score (nSPS) is 16.8. The molecule has 0 saturated carbocycles. The number of fused-ring (bicyclic) bond motifs is 1. The van der Waals surface area contributed by atoms with Crippen LogP contribution in [-0.2, 0) is 28.6 Å². The van der Waals surface area contributed by atoms with Crippen molar-refractivity contribution in [1.82, 2.24) is 0 Å². The highest BCUT2D eigenvalue weighted by atomic mass is 32.2. The molecule has 0 amide bonds. The summed E-state index contributed by atoms with van der Waals surface area (Å²) in [6.45, 7) is 6.49. The first kappa shape index (κ1) is 32.0. The predicted molar refractivity (Wildman–Crippen MR) is 161 cm³/mol. The van der Waals surface area contributed by atoms with Crippen LogP contribution in [0.5, 0.6) is 0 Å². The average Bonchev–Trinajstić information content (AvgIpc) is 3.29. The first-order valence-corrected chi connectivity index (χ1v) is 16.6. The number of rotatable bonds is 13. The molecule has 1 aromatic carbocycles. The third-order valence-corrected chi connectivity index (χ3v) is 9.63. The zero-order chi connectivity index (χ0) is 28.7. The number of nitriles is 1. The molecule has 2 aliphatic rings. The first-order chi connectivity index (χ1) is 19.4. The number of carbonyl (C=O) groups excluding carboxylic acids is 3. The van der Waals surface area contributed by atoms with E-state index in [1.807, 2.05) is 35.2 Å². The lowest BCUT2D eigenvalue weighted by molar-refractivity contribution is -0.154. The molecule has 40 heavy (non-hydrogen) atoms. The minimum absolute atomic E-state index is 0.0689. The van der Waals surface area contributed by atoms with Gasteiger partial charge in [0.2, 0.25) is 0 Å². The van der Waals surface area contributed by atoms with Crippen molar-refractivity contribution in [2.45, 2.75) is 56.4 Å². The smallest absolute Gasteiger partial charge is 0.351 e. The summed E-state index contributed by atoms with van der Waals surface area (Å²) in [5.41, 5.74) is 2.09. The Labute approximate surface area is 249 Å². The Morgan fingerprint density at radius 1 is 1.02 bits per heavy atom. The molecule has 0 N–H and O–H groups in total. The van der Waals surface area contributed by atoms with Crippen LogP contribution in [0.4, 0.5) is 5.69 Å². The number of hydrogen-bond donors (Lipinski definition) is 0. The van der Waals surface area contributed by atoms with Gasteiger partial charge in [0.05, 0.1) is 18.5 Å². The summed E-state index contributed by atoms with van der Waals surface area (Å²) >= 11 is 4.76. The van der Waals surface area contributed by atoms with E-state index in [-0.39, 0.29) is 37.7 Å². The quantitative estimate of drug-likeness (QED) is 0.0688. The molecule has 0 aliphatic carbocycles. The van der Waals surface area contributed by atoms with Gasteiger partial charge >= 0.3 is 17.9 Å². The molecule has 2 heterocycles. The second-order valence-electron chi connectivity index (χ2n) is 9.32. The predicted octanol–water partition coefficient (Wildman–Crippen LogP) is 5.73. The number of para-hydroxylation sites is 1. The number of ether oxygens (including phenoxy) is 3. The minimum atomic E-state index is -0.755. The van der Waals surface area contributed by atoms with E-state index in [1.54, 1.807) is 23.5 Å². The fraction of sp³-hybridized carbons (Fsp3) is 0.517. The maximum atomic E-state index is 12.8. The van der Waals surface area contributed by atoms with Crippen LogP contribution in [0.25, 0.3) is 0 Å². The van der Waals surface area contributed by atoms with Crippen molar-refractivity contribution in [3.05, 3.63) is 47.0 Å². The van der Waals surface area contributed by atoms with Gasteiger partial charge < -0.3 is 19.1 Å². The highest BCUT2D eigenvalue weighted by Gasteiger charge is 2.31. The van der Waals surface area contributed by atoms with Crippen LogP contribution in [0.2, 0.25) is 0 Å². The van der Waals surface area contributed by atoms with Crippen LogP contribution in [0.1, 0.15) is 45.4 Å². The van der Waals surface area contributed by atoms with Crippen molar-refractivity contribution >= 4 is 58.9 Å². The van der Waals surface area contributed by atoms with Gasteiger partial charge in [-0.3, -0.25) is 9.59 Å². The van der Waals surface area contributed by atoms with Gasteiger partial charge in [-0.1, -0.05) is 62.2 Å². The molecule has 0 aromatic heterocycles. The van der Waals surface area contributed by atoms with Crippen LogP contribution in [0.3, 0.4) is 0 Å². The lowest BCUT2D eigenvalue weighted by Crippen LogP contribution is -2.25. The van der Waals surface area contributed by atoms with Crippen molar-refractivity contribution < 1.29 is 28.6 Å². The van der Waals surface area contributed by atoms with E-state index in [0.29, 0.717) is 23.1 Å². The molecule has 216 valence electrons. The SMILES string of the molecule is C=C1CSCC(OC(=O)CCC(=O)OCCOC(=O)/C(C#N)=C2\Sc3ccccc3N2CCCCCC)CSC1. The lowest BCUT2D eigenvalue weighted by Gasteiger charge is -2.21. The van der Waals surface area contributed by atoms with E-state index in [4.69, 9.17) is 14.2 Å². The third-order valence-electron chi connectivity index (χ3n) is 6.00. The van der Waals surface area contributed by atoms with E-state index in [9.17, 15) is 19.6 Å². The van der Waals surface area contributed by atoms with E-state index in [2.05, 4.69) is 13.5 Å². The van der Waals surface area contributed by atoms with Crippen molar-refractivity contribution in [3.8, 4) is 6.07 Å². The molecule has 0 radical (unpaired) electrons.